The first-order valence-electron chi connectivity index (χ1n) is 4.25. The molecular weight excluding hydrogens is 124 g/mol. The molecule has 0 N–H and O–H groups in total. The first-order valence-corrected chi connectivity index (χ1v) is 4.25. The summed E-state index contributed by atoms with van der Waals surface area (Å²) in [6, 6.07) is 0. The van der Waals surface area contributed by atoms with Crippen LogP contribution in [-0.2, 0) is 4.79 Å². The standard InChI is InChI=1S/C9H16O/c1-3-8(4-2)9(7-10)5-6-9/h7-8H,3-6H2,1-2H3. The van der Waals surface area contributed by atoms with Crippen LogP contribution in [0.2, 0.25) is 0 Å². The van der Waals surface area contributed by atoms with Crippen LogP contribution in [0.3, 0.4) is 0 Å². The van der Waals surface area contributed by atoms with Gasteiger partial charge in [-0.15, -0.1) is 0 Å². The van der Waals surface area contributed by atoms with E-state index in [0.717, 1.165) is 25.7 Å². The molecule has 0 radical (unpaired) electrons. The van der Waals surface area contributed by atoms with E-state index in [2.05, 4.69) is 13.8 Å². The van der Waals surface area contributed by atoms with Crippen LogP contribution in [0.15, 0.2) is 0 Å². The van der Waals surface area contributed by atoms with Crippen molar-refractivity contribution in [1.29, 1.82) is 0 Å². The van der Waals surface area contributed by atoms with Gasteiger partial charge in [0.1, 0.15) is 6.29 Å². The van der Waals surface area contributed by atoms with Crippen molar-refractivity contribution in [2.75, 3.05) is 0 Å². The third-order valence-corrected chi connectivity index (χ3v) is 2.86. The number of hydrogen-bond donors (Lipinski definition) is 0. The summed E-state index contributed by atoms with van der Waals surface area (Å²) in [5.74, 6) is 0.657. The summed E-state index contributed by atoms with van der Waals surface area (Å²) in [6.45, 7) is 4.36. The molecule has 1 saturated carbocycles. The van der Waals surface area contributed by atoms with E-state index in [1.807, 2.05) is 0 Å². The van der Waals surface area contributed by atoms with Gasteiger partial charge in [0.15, 0.2) is 0 Å². The number of carbonyl (C=O) groups excluding carboxylic acids is 1. The molecule has 0 aliphatic heterocycles. The lowest BCUT2D eigenvalue weighted by molar-refractivity contribution is -0.114. The minimum atomic E-state index is 0.128. The van der Waals surface area contributed by atoms with Crippen molar-refractivity contribution in [2.45, 2.75) is 39.5 Å². The van der Waals surface area contributed by atoms with Crippen LogP contribution in [-0.4, -0.2) is 6.29 Å². The Bertz CT molecular complexity index is 121. The third-order valence-electron chi connectivity index (χ3n) is 2.86. The van der Waals surface area contributed by atoms with Gasteiger partial charge in [-0.3, -0.25) is 0 Å². The van der Waals surface area contributed by atoms with E-state index in [0.29, 0.717) is 5.92 Å². The second-order valence-corrected chi connectivity index (χ2v) is 3.36. The third kappa shape index (κ3) is 1.09. The van der Waals surface area contributed by atoms with E-state index >= 15 is 0 Å². The maximum absolute atomic E-state index is 10.6. The van der Waals surface area contributed by atoms with Gasteiger partial charge in [-0.05, 0) is 18.8 Å². The molecule has 1 heteroatoms. The summed E-state index contributed by atoms with van der Waals surface area (Å²) in [6.07, 6.45) is 5.79. The van der Waals surface area contributed by atoms with Crippen molar-refractivity contribution in [3.63, 3.8) is 0 Å². The topological polar surface area (TPSA) is 17.1 Å². The van der Waals surface area contributed by atoms with Crippen LogP contribution in [0, 0.1) is 11.3 Å². The Kier molecular flexibility index (Phi) is 2.12. The first-order chi connectivity index (χ1) is 4.79. The van der Waals surface area contributed by atoms with Gasteiger partial charge in [-0.1, -0.05) is 26.7 Å². The Balaban J connectivity index is 2.51. The lowest BCUT2D eigenvalue weighted by Gasteiger charge is -2.17. The van der Waals surface area contributed by atoms with E-state index in [-0.39, 0.29) is 5.41 Å². The lowest BCUT2D eigenvalue weighted by atomic mass is 9.86. The maximum Gasteiger partial charge on any atom is 0.126 e. The summed E-state index contributed by atoms with van der Waals surface area (Å²) < 4.78 is 0. The van der Waals surface area contributed by atoms with Gasteiger partial charge in [0.2, 0.25) is 0 Å². The molecule has 0 aromatic carbocycles. The number of carbonyl (C=O) groups is 1. The predicted octanol–water partition coefficient (Wildman–Crippen LogP) is 2.40. The molecule has 0 saturated heterocycles. The molecule has 0 atom stereocenters. The van der Waals surface area contributed by atoms with Crippen molar-refractivity contribution in [1.82, 2.24) is 0 Å². The smallest absolute Gasteiger partial charge is 0.126 e. The molecule has 0 aromatic rings. The molecule has 58 valence electrons. The van der Waals surface area contributed by atoms with E-state index < -0.39 is 0 Å². The average molecular weight is 140 g/mol. The normalized spacial score (nSPS) is 21.1. The van der Waals surface area contributed by atoms with Crippen molar-refractivity contribution in [2.24, 2.45) is 11.3 Å². The lowest BCUT2D eigenvalue weighted by Crippen LogP contribution is -2.15. The molecule has 0 heterocycles. The van der Waals surface area contributed by atoms with Gasteiger partial charge >= 0.3 is 0 Å². The Hall–Kier alpha value is -0.330. The molecule has 0 bridgehead atoms. The Morgan fingerprint density at radius 1 is 1.40 bits per heavy atom. The number of rotatable bonds is 4. The number of hydrogen-bond acceptors (Lipinski definition) is 1. The van der Waals surface area contributed by atoms with Crippen LogP contribution in [0.25, 0.3) is 0 Å². The minimum absolute atomic E-state index is 0.128. The van der Waals surface area contributed by atoms with Gasteiger partial charge in [0.05, 0.1) is 0 Å². The van der Waals surface area contributed by atoms with Crippen LogP contribution < -0.4 is 0 Å². The van der Waals surface area contributed by atoms with Gasteiger partial charge < -0.3 is 4.79 Å². The molecule has 10 heavy (non-hydrogen) atoms. The van der Waals surface area contributed by atoms with E-state index in [9.17, 15) is 4.79 Å². The molecule has 1 aliphatic carbocycles. The fourth-order valence-electron chi connectivity index (χ4n) is 1.87. The fraction of sp³-hybridized carbons (Fsp3) is 0.889. The van der Waals surface area contributed by atoms with Crippen LogP contribution in [0.5, 0.6) is 0 Å². The Morgan fingerprint density at radius 3 is 2.00 bits per heavy atom. The Labute approximate surface area is 62.8 Å². The van der Waals surface area contributed by atoms with E-state index in [1.54, 1.807) is 0 Å². The van der Waals surface area contributed by atoms with Gasteiger partial charge in [0.25, 0.3) is 0 Å². The largest absolute Gasteiger partial charge is 0.303 e. The average Bonchev–Trinajstić information content (AvgIpc) is 2.72. The molecule has 1 fully saturated rings. The number of aldehydes is 1. The zero-order valence-corrected chi connectivity index (χ0v) is 6.89. The Morgan fingerprint density at radius 2 is 1.90 bits per heavy atom. The van der Waals surface area contributed by atoms with Crippen molar-refractivity contribution >= 4 is 6.29 Å². The van der Waals surface area contributed by atoms with Gasteiger partial charge in [-0.25, -0.2) is 0 Å². The second kappa shape index (κ2) is 2.73. The SMILES string of the molecule is CCC(CC)C1(C=O)CC1. The molecule has 0 amide bonds. The van der Waals surface area contributed by atoms with Crippen LogP contribution in [0.1, 0.15) is 39.5 Å². The molecule has 1 nitrogen and oxygen atoms in total. The summed E-state index contributed by atoms with van der Waals surface area (Å²) in [5.41, 5.74) is 0.128. The highest BCUT2D eigenvalue weighted by Gasteiger charge is 2.47. The first kappa shape index (κ1) is 7.77. The van der Waals surface area contributed by atoms with Gasteiger partial charge in [-0.2, -0.15) is 0 Å². The summed E-state index contributed by atoms with van der Waals surface area (Å²) >= 11 is 0. The zero-order chi connectivity index (χ0) is 7.61. The van der Waals surface area contributed by atoms with E-state index in [4.69, 9.17) is 0 Å². The molecule has 0 aromatic heterocycles. The summed E-state index contributed by atoms with van der Waals surface area (Å²) in [7, 11) is 0. The molecule has 1 rings (SSSR count). The zero-order valence-electron chi connectivity index (χ0n) is 6.89. The van der Waals surface area contributed by atoms with Crippen molar-refractivity contribution in [3.05, 3.63) is 0 Å². The highest BCUT2D eigenvalue weighted by Crippen LogP contribution is 2.52. The molecule has 0 unspecified atom stereocenters. The highest BCUT2D eigenvalue weighted by atomic mass is 16.1. The van der Waals surface area contributed by atoms with E-state index in [1.165, 1.54) is 6.29 Å². The second-order valence-electron chi connectivity index (χ2n) is 3.36. The molecular formula is C9H16O. The summed E-state index contributed by atoms with van der Waals surface area (Å²) in [5, 5.41) is 0. The quantitative estimate of drug-likeness (QED) is 0.548. The van der Waals surface area contributed by atoms with Crippen molar-refractivity contribution < 1.29 is 4.79 Å². The molecule has 0 spiro atoms. The van der Waals surface area contributed by atoms with Crippen LogP contribution in [0.4, 0.5) is 0 Å². The maximum atomic E-state index is 10.6. The molecule has 1 aliphatic rings. The fourth-order valence-corrected chi connectivity index (χ4v) is 1.87. The van der Waals surface area contributed by atoms with Gasteiger partial charge in [0, 0.05) is 5.41 Å². The minimum Gasteiger partial charge on any atom is -0.303 e. The monoisotopic (exact) mass is 140 g/mol. The van der Waals surface area contributed by atoms with Crippen molar-refractivity contribution in [3.8, 4) is 0 Å². The predicted molar refractivity (Wildman–Crippen MR) is 41.8 cm³/mol. The van der Waals surface area contributed by atoms with Crippen LogP contribution >= 0.6 is 0 Å². The highest BCUT2D eigenvalue weighted by molar-refractivity contribution is 5.64. The summed E-state index contributed by atoms with van der Waals surface area (Å²) in [4.78, 5) is 10.6.